The van der Waals surface area contributed by atoms with Crippen LogP contribution in [0.4, 0.5) is 5.69 Å². The molecule has 0 aromatic heterocycles. The molecule has 1 aromatic rings. The first-order valence-electron chi connectivity index (χ1n) is 14.7. The van der Waals surface area contributed by atoms with Gasteiger partial charge in [0.1, 0.15) is 11.6 Å². The molecular weight excluding hydrogens is 560 g/mol. The molecule has 0 radical (unpaired) electrons. The van der Waals surface area contributed by atoms with Gasteiger partial charge in [0.25, 0.3) is 0 Å². The fraction of sp³-hybridized carbons (Fsp3) is 0.633. The molecular formula is C30H39BrN4O4. The number of halogens is 1. The first kappa shape index (κ1) is 27.0. The third-order valence-electron chi connectivity index (χ3n) is 9.56. The molecule has 4 unspecified atom stereocenters. The second-order valence-corrected chi connectivity index (χ2v) is 12.9. The number of likely N-dealkylation sites (tertiary alicyclic amines) is 2. The Hall–Kier alpha value is -2.23. The van der Waals surface area contributed by atoms with E-state index >= 15 is 0 Å². The molecule has 8 nitrogen and oxygen atoms in total. The van der Waals surface area contributed by atoms with Gasteiger partial charge in [-0.1, -0.05) is 53.8 Å². The van der Waals surface area contributed by atoms with Gasteiger partial charge in [0.2, 0.25) is 17.7 Å². The number of hydrogen-bond donors (Lipinski definition) is 2. The van der Waals surface area contributed by atoms with E-state index in [4.69, 9.17) is 4.74 Å². The zero-order valence-corrected chi connectivity index (χ0v) is 24.2. The van der Waals surface area contributed by atoms with Crippen molar-refractivity contribution in [2.75, 3.05) is 25.0 Å². The highest BCUT2D eigenvalue weighted by molar-refractivity contribution is 9.10. The predicted molar refractivity (Wildman–Crippen MR) is 152 cm³/mol. The highest BCUT2D eigenvalue weighted by Gasteiger charge is 2.72. The summed E-state index contributed by atoms with van der Waals surface area (Å²) in [7, 11) is 0. The van der Waals surface area contributed by atoms with E-state index in [-0.39, 0.29) is 23.8 Å². The minimum Gasteiger partial charge on any atom is -0.359 e. The van der Waals surface area contributed by atoms with Crippen molar-refractivity contribution in [3.05, 3.63) is 40.9 Å². The number of amides is 3. The molecule has 1 aliphatic carbocycles. The number of nitrogens with zero attached hydrogens (tertiary/aromatic N) is 2. The average Bonchev–Trinajstić information content (AvgIpc) is 3.57. The molecule has 5 aliphatic rings. The first-order chi connectivity index (χ1) is 18.9. The van der Waals surface area contributed by atoms with Gasteiger partial charge in [0.15, 0.2) is 0 Å². The fourth-order valence-electron chi connectivity index (χ4n) is 7.52. The van der Waals surface area contributed by atoms with Crippen molar-refractivity contribution >= 4 is 39.3 Å². The summed E-state index contributed by atoms with van der Waals surface area (Å²) in [4.78, 5) is 45.9. The lowest BCUT2D eigenvalue weighted by Crippen LogP contribution is -2.57. The van der Waals surface area contributed by atoms with Crippen molar-refractivity contribution in [1.29, 1.82) is 0 Å². The maximum absolute atomic E-state index is 14.2. The quantitative estimate of drug-likeness (QED) is 0.465. The minimum atomic E-state index is -1.12. The van der Waals surface area contributed by atoms with E-state index in [1.54, 1.807) is 4.90 Å². The van der Waals surface area contributed by atoms with E-state index in [0.29, 0.717) is 24.8 Å². The molecule has 3 amide bonds. The van der Waals surface area contributed by atoms with Crippen LogP contribution in [0.1, 0.15) is 58.3 Å². The van der Waals surface area contributed by atoms with Crippen molar-refractivity contribution in [3.63, 3.8) is 0 Å². The Balaban J connectivity index is 1.27. The van der Waals surface area contributed by atoms with Gasteiger partial charge in [-0.3, -0.25) is 19.3 Å². The SMILES string of the molecule is CC1CCCCN1CCN1C(=O)[C@@H]2C(C(=O)Nc3ccc(Br)cc3)[C@@H]3C=CC2(O3)C1C(=O)NC1CCCCC1. The Morgan fingerprint density at radius 1 is 1.03 bits per heavy atom. The highest BCUT2D eigenvalue weighted by atomic mass is 79.9. The van der Waals surface area contributed by atoms with Gasteiger partial charge < -0.3 is 20.3 Å². The van der Waals surface area contributed by atoms with Crippen molar-refractivity contribution in [3.8, 4) is 0 Å². The Bertz CT molecular complexity index is 1140. The molecule has 3 saturated heterocycles. The summed E-state index contributed by atoms with van der Waals surface area (Å²) in [5, 5.41) is 6.26. The van der Waals surface area contributed by atoms with Crippen LogP contribution in [0.25, 0.3) is 0 Å². The lowest BCUT2D eigenvalue weighted by atomic mass is 9.74. The minimum absolute atomic E-state index is 0.125. The summed E-state index contributed by atoms with van der Waals surface area (Å²) in [6.45, 7) is 4.41. The molecule has 4 heterocycles. The van der Waals surface area contributed by atoms with Gasteiger partial charge in [-0.15, -0.1) is 0 Å². The van der Waals surface area contributed by atoms with Crippen LogP contribution in [-0.4, -0.2) is 77.0 Å². The number of ether oxygens (including phenoxy) is 1. The number of hydrogen-bond acceptors (Lipinski definition) is 5. The van der Waals surface area contributed by atoms with Crippen molar-refractivity contribution in [2.45, 2.75) is 88.1 Å². The molecule has 1 aromatic carbocycles. The molecule has 210 valence electrons. The molecule has 4 fully saturated rings. The molecule has 39 heavy (non-hydrogen) atoms. The summed E-state index contributed by atoms with van der Waals surface area (Å²) in [6.07, 6.45) is 12.1. The van der Waals surface area contributed by atoms with Crippen LogP contribution in [-0.2, 0) is 19.1 Å². The smallest absolute Gasteiger partial charge is 0.246 e. The van der Waals surface area contributed by atoms with Crippen LogP contribution < -0.4 is 10.6 Å². The Morgan fingerprint density at radius 3 is 2.51 bits per heavy atom. The van der Waals surface area contributed by atoms with Gasteiger partial charge in [-0.05, 0) is 63.4 Å². The summed E-state index contributed by atoms with van der Waals surface area (Å²) < 4.78 is 7.41. The van der Waals surface area contributed by atoms with Gasteiger partial charge >= 0.3 is 0 Å². The number of benzene rings is 1. The standard InChI is InChI=1S/C30H39BrN4O4/c1-19-7-5-6-16-34(19)17-18-35-26(28(37)33-21-8-3-2-4-9-21)30-15-14-23(39-30)24(25(30)29(35)38)27(36)32-22-12-10-20(31)11-13-22/h10-15,19,21,23-26H,2-9,16-18H2,1H3,(H,32,36)(H,33,37)/t19?,23-,24?,25-,26?,30?/m0/s1. The second-order valence-electron chi connectivity index (χ2n) is 12.0. The van der Waals surface area contributed by atoms with Crippen molar-refractivity contribution < 1.29 is 19.1 Å². The van der Waals surface area contributed by atoms with Crippen molar-refractivity contribution in [2.24, 2.45) is 11.8 Å². The number of anilines is 1. The van der Waals surface area contributed by atoms with Crippen LogP contribution in [0, 0.1) is 11.8 Å². The van der Waals surface area contributed by atoms with Gasteiger partial charge in [-0.25, -0.2) is 0 Å². The molecule has 1 spiro atoms. The summed E-state index contributed by atoms with van der Waals surface area (Å²) in [5.74, 6) is -1.95. The maximum atomic E-state index is 14.2. The number of rotatable bonds is 7. The first-order valence-corrected chi connectivity index (χ1v) is 15.5. The largest absolute Gasteiger partial charge is 0.359 e. The lowest BCUT2D eigenvalue weighted by molar-refractivity contribution is -0.141. The number of carbonyl (C=O) groups excluding carboxylic acids is 3. The Labute approximate surface area is 239 Å². The fourth-order valence-corrected chi connectivity index (χ4v) is 7.78. The van der Waals surface area contributed by atoms with E-state index in [0.717, 1.165) is 49.5 Å². The normalized spacial score (nSPS) is 34.4. The lowest BCUT2D eigenvalue weighted by Gasteiger charge is -2.37. The zero-order valence-electron chi connectivity index (χ0n) is 22.6. The Kier molecular flexibility index (Phi) is 7.59. The topological polar surface area (TPSA) is 91.0 Å². The van der Waals surface area contributed by atoms with E-state index in [9.17, 15) is 14.4 Å². The highest BCUT2D eigenvalue weighted by Crippen LogP contribution is 2.55. The molecule has 6 rings (SSSR count). The number of fused-ring (bicyclic) bond motifs is 1. The van der Waals surface area contributed by atoms with Gasteiger partial charge in [0.05, 0.1) is 17.9 Å². The molecule has 2 N–H and O–H groups in total. The van der Waals surface area contributed by atoms with Gasteiger partial charge in [0, 0.05) is 35.3 Å². The molecule has 1 saturated carbocycles. The summed E-state index contributed by atoms with van der Waals surface area (Å²) in [5.41, 5.74) is -0.451. The molecule has 9 heteroatoms. The van der Waals surface area contributed by atoms with Crippen molar-refractivity contribution in [1.82, 2.24) is 15.1 Å². The third kappa shape index (κ3) is 4.95. The number of piperidine rings is 1. The monoisotopic (exact) mass is 598 g/mol. The van der Waals surface area contributed by atoms with Crippen LogP contribution in [0.15, 0.2) is 40.9 Å². The molecule has 4 aliphatic heterocycles. The zero-order chi connectivity index (χ0) is 27.1. The van der Waals surface area contributed by atoms with Gasteiger partial charge in [-0.2, -0.15) is 0 Å². The summed E-state index contributed by atoms with van der Waals surface area (Å²) >= 11 is 3.42. The predicted octanol–water partition coefficient (Wildman–Crippen LogP) is 3.86. The van der Waals surface area contributed by atoms with Crippen LogP contribution in [0.5, 0.6) is 0 Å². The Morgan fingerprint density at radius 2 is 1.77 bits per heavy atom. The number of nitrogens with one attached hydrogen (secondary N) is 2. The van der Waals surface area contributed by atoms with Crippen LogP contribution >= 0.6 is 15.9 Å². The van der Waals surface area contributed by atoms with Crippen LogP contribution in [0.3, 0.4) is 0 Å². The van der Waals surface area contributed by atoms with Crippen LogP contribution in [0.2, 0.25) is 0 Å². The maximum Gasteiger partial charge on any atom is 0.246 e. The van der Waals surface area contributed by atoms with E-state index in [1.807, 2.05) is 36.4 Å². The third-order valence-corrected chi connectivity index (χ3v) is 10.1. The average molecular weight is 600 g/mol. The second kappa shape index (κ2) is 11.0. The van der Waals surface area contributed by atoms with E-state index in [2.05, 4.69) is 38.4 Å². The summed E-state index contributed by atoms with van der Waals surface area (Å²) in [6, 6.07) is 7.19. The molecule has 2 bridgehead atoms. The number of carbonyl (C=O) groups is 3. The van der Waals surface area contributed by atoms with E-state index < -0.39 is 29.6 Å². The molecule has 6 atom stereocenters. The van der Waals surface area contributed by atoms with E-state index in [1.165, 1.54) is 12.8 Å².